The SMILES string of the molecule is O=C(CN1CCSc2ccccc21)Nc1ccc2ccccc2c1. The van der Waals surface area contributed by atoms with E-state index in [1.54, 1.807) is 0 Å². The quantitative estimate of drug-likeness (QED) is 0.771. The molecule has 120 valence electrons. The average molecular weight is 334 g/mol. The number of hydrogen-bond donors (Lipinski definition) is 1. The van der Waals surface area contributed by atoms with Crippen LogP contribution in [0.5, 0.6) is 0 Å². The molecule has 0 fully saturated rings. The molecule has 0 spiro atoms. The second-order valence-electron chi connectivity index (χ2n) is 5.85. The molecule has 3 nitrogen and oxygen atoms in total. The maximum absolute atomic E-state index is 12.5. The van der Waals surface area contributed by atoms with Crippen LogP contribution in [0.4, 0.5) is 11.4 Å². The molecule has 0 aromatic heterocycles. The van der Waals surface area contributed by atoms with Crippen LogP contribution in [0.2, 0.25) is 0 Å². The first-order valence-electron chi connectivity index (χ1n) is 8.05. The smallest absolute Gasteiger partial charge is 0.243 e. The molecule has 0 atom stereocenters. The van der Waals surface area contributed by atoms with Crippen molar-refractivity contribution >= 4 is 39.8 Å². The third-order valence-corrected chi connectivity index (χ3v) is 5.24. The second kappa shape index (κ2) is 6.57. The normalized spacial score (nSPS) is 13.6. The molecule has 24 heavy (non-hydrogen) atoms. The van der Waals surface area contributed by atoms with E-state index in [0.29, 0.717) is 6.54 Å². The monoisotopic (exact) mass is 334 g/mol. The Morgan fingerprint density at radius 2 is 1.79 bits per heavy atom. The number of fused-ring (bicyclic) bond motifs is 2. The summed E-state index contributed by atoms with van der Waals surface area (Å²) in [5.41, 5.74) is 2.00. The molecule has 0 saturated carbocycles. The van der Waals surface area contributed by atoms with E-state index in [1.807, 2.05) is 54.2 Å². The number of carbonyl (C=O) groups is 1. The number of carbonyl (C=O) groups excluding carboxylic acids is 1. The zero-order chi connectivity index (χ0) is 16.4. The minimum absolute atomic E-state index is 0.0204. The van der Waals surface area contributed by atoms with Crippen LogP contribution in [0.3, 0.4) is 0 Å². The number of nitrogens with zero attached hydrogens (tertiary/aromatic N) is 1. The number of nitrogens with one attached hydrogen (secondary N) is 1. The molecule has 3 aromatic carbocycles. The Kier molecular flexibility index (Phi) is 4.13. The highest BCUT2D eigenvalue weighted by Gasteiger charge is 2.19. The Bertz CT molecular complexity index is 893. The van der Waals surface area contributed by atoms with Crippen LogP contribution >= 0.6 is 11.8 Å². The van der Waals surface area contributed by atoms with Gasteiger partial charge < -0.3 is 10.2 Å². The molecule has 0 unspecified atom stereocenters. The molecule has 0 bridgehead atoms. The number of anilines is 2. The van der Waals surface area contributed by atoms with E-state index in [2.05, 4.69) is 34.5 Å². The van der Waals surface area contributed by atoms with Gasteiger partial charge in [0.15, 0.2) is 0 Å². The summed E-state index contributed by atoms with van der Waals surface area (Å²) in [6.45, 7) is 1.28. The zero-order valence-corrected chi connectivity index (χ0v) is 14.1. The highest BCUT2D eigenvalue weighted by atomic mass is 32.2. The van der Waals surface area contributed by atoms with E-state index in [1.165, 1.54) is 10.3 Å². The zero-order valence-electron chi connectivity index (χ0n) is 13.2. The summed E-state index contributed by atoms with van der Waals surface area (Å²) in [6.07, 6.45) is 0. The molecule has 0 radical (unpaired) electrons. The number of rotatable bonds is 3. The fourth-order valence-corrected chi connectivity index (χ4v) is 4.08. The van der Waals surface area contributed by atoms with Gasteiger partial charge in [-0.3, -0.25) is 4.79 Å². The molecule has 1 amide bonds. The van der Waals surface area contributed by atoms with Gasteiger partial charge in [-0.1, -0.05) is 42.5 Å². The standard InChI is InChI=1S/C20H18N2OS/c23-20(14-22-11-12-24-19-8-4-3-7-18(19)22)21-17-10-9-15-5-1-2-6-16(15)13-17/h1-10,13H,11-12,14H2,(H,21,23). The van der Waals surface area contributed by atoms with Gasteiger partial charge in [0, 0.05) is 22.9 Å². The van der Waals surface area contributed by atoms with Gasteiger partial charge in [-0.15, -0.1) is 11.8 Å². The summed E-state index contributed by atoms with van der Waals surface area (Å²) in [7, 11) is 0. The lowest BCUT2D eigenvalue weighted by Crippen LogP contribution is -2.36. The first kappa shape index (κ1) is 15.1. The van der Waals surface area contributed by atoms with Gasteiger partial charge in [-0.2, -0.15) is 0 Å². The summed E-state index contributed by atoms with van der Waals surface area (Å²) in [6, 6.07) is 22.5. The molecule has 4 rings (SSSR count). The van der Waals surface area contributed by atoms with Gasteiger partial charge in [-0.05, 0) is 35.0 Å². The fourth-order valence-electron chi connectivity index (χ4n) is 3.03. The van der Waals surface area contributed by atoms with Crippen molar-refractivity contribution < 1.29 is 4.79 Å². The summed E-state index contributed by atoms with van der Waals surface area (Å²) >= 11 is 1.85. The summed E-state index contributed by atoms with van der Waals surface area (Å²) < 4.78 is 0. The van der Waals surface area contributed by atoms with Gasteiger partial charge in [-0.25, -0.2) is 0 Å². The summed E-state index contributed by atoms with van der Waals surface area (Å²) in [4.78, 5) is 15.9. The average Bonchev–Trinajstić information content (AvgIpc) is 2.62. The van der Waals surface area contributed by atoms with E-state index < -0.39 is 0 Å². The lowest BCUT2D eigenvalue weighted by atomic mass is 10.1. The maximum atomic E-state index is 12.5. The molecule has 1 aliphatic heterocycles. The Morgan fingerprint density at radius 3 is 2.71 bits per heavy atom. The van der Waals surface area contributed by atoms with Gasteiger partial charge >= 0.3 is 0 Å². The van der Waals surface area contributed by atoms with Crippen molar-refractivity contribution in [3.05, 3.63) is 66.7 Å². The minimum Gasteiger partial charge on any atom is -0.360 e. The summed E-state index contributed by atoms with van der Waals surface area (Å²) in [5, 5.41) is 5.34. The highest BCUT2D eigenvalue weighted by molar-refractivity contribution is 7.99. The third-order valence-electron chi connectivity index (χ3n) is 4.19. The van der Waals surface area contributed by atoms with Crippen LogP contribution < -0.4 is 10.2 Å². The first-order valence-corrected chi connectivity index (χ1v) is 9.03. The molecule has 0 aliphatic carbocycles. The number of benzene rings is 3. The lowest BCUT2D eigenvalue weighted by molar-refractivity contribution is -0.115. The van der Waals surface area contributed by atoms with E-state index in [0.717, 1.165) is 29.1 Å². The molecule has 1 aliphatic rings. The van der Waals surface area contributed by atoms with Crippen LogP contribution in [0, 0.1) is 0 Å². The van der Waals surface area contributed by atoms with Crippen molar-refractivity contribution in [3.8, 4) is 0 Å². The Labute approximate surface area is 145 Å². The summed E-state index contributed by atoms with van der Waals surface area (Å²) in [5.74, 6) is 1.03. The molecule has 1 heterocycles. The number of hydrogen-bond acceptors (Lipinski definition) is 3. The molecule has 4 heteroatoms. The minimum atomic E-state index is 0.0204. The van der Waals surface area contributed by atoms with Crippen LogP contribution in [0.25, 0.3) is 10.8 Å². The van der Waals surface area contributed by atoms with Crippen LogP contribution in [-0.4, -0.2) is 24.7 Å². The largest absolute Gasteiger partial charge is 0.360 e. The van der Waals surface area contributed by atoms with Crippen molar-refractivity contribution in [3.63, 3.8) is 0 Å². The van der Waals surface area contributed by atoms with E-state index >= 15 is 0 Å². The molecular weight excluding hydrogens is 316 g/mol. The lowest BCUT2D eigenvalue weighted by Gasteiger charge is -2.30. The molecule has 0 saturated heterocycles. The van der Waals surface area contributed by atoms with Gasteiger partial charge in [0.25, 0.3) is 0 Å². The van der Waals surface area contributed by atoms with Crippen molar-refractivity contribution in [2.45, 2.75) is 4.90 Å². The van der Waals surface area contributed by atoms with Crippen molar-refractivity contribution in [2.24, 2.45) is 0 Å². The number of para-hydroxylation sites is 1. The topological polar surface area (TPSA) is 32.3 Å². The highest BCUT2D eigenvalue weighted by Crippen LogP contribution is 2.34. The van der Waals surface area contributed by atoms with Crippen LogP contribution in [0.1, 0.15) is 0 Å². The van der Waals surface area contributed by atoms with Crippen molar-refractivity contribution in [2.75, 3.05) is 29.1 Å². The molecule has 3 aromatic rings. The van der Waals surface area contributed by atoms with Gasteiger partial charge in [0.1, 0.15) is 0 Å². The van der Waals surface area contributed by atoms with Crippen LogP contribution in [-0.2, 0) is 4.79 Å². The predicted octanol–water partition coefficient (Wildman–Crippen LogP) is 4.39. The fraction of sp³-hybridized carbons (Fsp3) is 0.150. The van der Waals surface area contributed by atoms with Crippen molar-refractivity contribution in [1.82, 2.24) is 0 Å². The van der Waals surface area contributed by atoms with E-state index in [-0.39, 0.29) is 5.91 Å². The van der Waals surface area contributed by atoms with Gasteiger partial charge in [0.05, 0.1) is 12.2 Å². The first-order chi connectivity index (χ1) is 11.8. The Balaban J connectivity index is 1.48. The third kappa shape index (κ3) is 3.10. The number of thioether (sulfide) groups is 1. The Morgan fingerprint density at radius 1 is 1.00 bits per heavy atom. The number of amides is 1. The second-order valence-corrected chi connectivity index (χ2v) is 6.98. The molecule has 1 N–H and O–H groups in total. The predicted molar refractivity (Wildman–Crippen MR) is 102 cm³/mol. The van der Waals surface area contributed by atoms with E-state index in [4.69, 9.17) is 0 Å². The Hall–Kier alpha value is -2.46. The maximum Gasteiger partial charge on any atom is 0.243 e. The molecular formula is C20H18N2OS. The van der Waals surface area contributed by atoms with Crippen molar-refractivity contribution in [1.29, 1.82) is 0 Å². The van der Waals surface area contributed by atoms with Crippen LogP contribution in [0.15, 0.2) is 71.6 Å². The van der Waals surface area contributed by atoms with Gasteiger partial charge in [0.2, 0.25) is 5.91 Å². The van der Waals surface area contributed by atoms with E-state index in [9.17, 15) is 4.79 Å².